The minimum atomic E-state index is -0.847. The van der Waals surface area contributed by atoms with Crippen LogP contribution in [0.15, 0.2) is 40.4 Å². The van der Waals surface area contributed by atoms with Crippen LogP contribution in [0.1, 0.15) is 54.9 Å². The summed E-state index contributed by atoms with van der Waals surface area (Å²) in [7, 11) is 1.87. The van der Waals surface area contributed by atoms with Crippen molar-refractivity contribution in [1.29, 1.82) is 0 Å². The van der Waals surface area contributed by atoms with Crippen molar-refractivity contribution in [3.63, 3.8) is 0 Å². The molecule has 1 aliphatic heterocycles. The number of aliphatic hydroxyl groups is 1. The number of hydrogen-bond donors (Lipinski definition) is 3. The van der Waals surface area contributed by atoms with Gasteiger partial charge in [0.05, 0.1) is 73.6 Å². The van der Waals surface area contributed by atoms with Crippen LogP contribution < -0.4 is 10.6 Å². The maximum Gasteiger partial charge on any atom is 0.243 e. The topological polar surface area (TPSA) is 148 Å². The standard InChI is InChI=1S/C33H47N5O7S/c1-21(2)30(29-16-22(3)37-45-29)33(41)38-18-26(39)17-28(38)32(40)36-27(19-44-15-14-43-13-12-42-11-10-34-5)24-6-8-25(9-7-24)31-23(4)35-20-46-31/h6-9,16,20-21,26-28,30,34,39H,10-15,17-19H2,1-5H3,(H,36,40)/t26-,27+,28+,30-/m1/s1. The van der Waals surface area contributed by atoms with Crippen LogP contribution in [0.4, 0.5) is 0 Å². The molecule has 0 unspecified atom stereocenters. The Hall–Kier alpha value is -3.20. The number of aromatic nitrogens is 2. The number of nitrogens with zero attached hydrogens (tertiary/aromatic N) is 3. The first-order valence-corrected chi connectivity index (χ1v) is 16.7. The van der Waals surface area contributed by atoms with E-state index in [1.54, 1.807) is 24.3 Å². The summed E-state index contributed by atoms with van der Waals surface area (Å²) in [5.74, 6) is -0.908. The summed E-state index contributed by atoms with van der Waals surface area (Å²) in [6, 6.07) is 8.35. The largest absolute Gasteiger partial charge is 0.391 e. The highest BCUT2D eigenvalue weighted by molar-refractivity contribution is 7.13. The molecule has 1 aromatic carbocycles. The van der Waals surface area contributed by atoms with Gasteiger partial charge in [-0.05, 0) is 37.9 Å². The highest BCUT2D eigenvalue weighted by atomic mass is 32.1. The van der Waals surface area contributed by atoms with Gasteiger partial charge in [-0.3, -0.25) is 9.59 Å². The fourth-order valence-electron chi connectivity index (χ4n) is 5.50. The molecule has 1 saturated heterocycles. The second kappa shape index (κ2) is 17.6. The average Bonchev–Trinajstić information content (AvgIpc) is 3.77. The minimum absolute atomic E-state index is 0.0628. The van der Waals surface area contributed by atoms with Crippen LogP contribution in [-0.2, 0) is 23.8 Å². The van der Waals surface area contributed by atoms with E-state index in [1.807, 2.05) is 57.6 Å². The van der Waals surface area contributed by atoms with Gasteiger partial charge in [0.1, 0.15) is 17.7 Å². The van der Waals surface area contributed by atoms with Gasteiger partial charge in [-0.1, -0.05) is 43.3 Å². The fraction of sp³-hybridized carbons (Fsp3) is 0.576. The number of benzene rings is 1. The van der Waals surface area contributed by atoms with Gasteiger partial charge in [0, 0.05) is 25.6 Å². The highest BCUT2D eigenvalue weighted by Crippen LogP contribution is 2.32. The van der Waals surface area contributed by atoms with E-state index in [1.165, 1.54) is 4.90 Å². The first-order chi connectivity index (χ1) is 22.2. The van der Waals surface area contributed by atoms with E-state index < -0.39 is 24.1 Å². The summed E-state index contributed by atoms with van der Waals surface area (Å²) < 4.78 is 22.5. The molecule has 4 rings (SSSR count). The molecule has 3 heterocycles. The number of aliphatic hydroxyl groups excluding tert-OH is 1. The molecule has 0 bridgehead atoms. The molecule has 0 aliphatic carbocycles. The van der Waals surface area contributed by atoms with Gasteiger partial charge in [0.25, 0.3) is 0 Å². The smallest absolute Gasteiger partial charge is 0.243 e. The number of ether oxygens (including phenoxy) is 3. The number of hydrogen-bond acceptors (Lipinski definition) is 11. The van der Waals surface area contributed by atoms with Gasteiger partial charge in [0.15, 0.2) is 0 Å². The zero-order valence-corrected chi connectivity index (χ0v) is 28.2. The van der Waals surface area contributed by atoms with E-state index >= 15 is 0 Å². The Bertz CT molecular complexity index is 1380. The minimum Gasteiger partial charge on any atom is -0.391 e. The lowest BCUT2D eigenvalue weighted by Gasteiger charge is -2.30. The van der Waals surface area contributed by atoms with Crippen molar-refractivity contribution < 1.29 is 33.4 Å². The SMILES string of the molecule is CNCCOCCOCCOC[C@H](NC(=O)[C@@H]1C[C@@H](O)CN1C(=O)[C@@H](c1cc(C)no1)C(C)C)c1ccc(-c2scnc2C)cc1. The molecule has 4 atom stereocenters. The van der Waals surface area contributed by atoms with Gasteiger partial charge in [-0.25, -0.2) is 4.98 Å². The molecule has 1 aliphatic rings. The second-order valence-corrected chi connectivity index (χ2v) is 12.7. The Morgan fingerprint density at radius 1 is 1.09 bits per heavy atom. The van der Waals surface area contributed by atoms with Crippen LogP contribution in [-0.4, -0.2) is 104 Å². The molecule has 3 aromatic rings. The number of aryl methyl sites for hydroxylation is 2. The van der Waals surface area contributed by atoms with Crippen LogP contribution >= 0.6 is 11.3 Å². The number of carbonyl (C=O) groups is 2. The van der Waals surface area contributed by atoms with Crippen molar-refractivity contribution in [3.05, 3.63) is 58.6 Å². The number of likely N-dealkylation sites (N-methyl/N-ethyl adjacent to an activating group) is 1. The van der Waals surface area contributed by atoms with E-state index in [-0.39, 0.29) is 37.3 Å². The van der Waals surface area contributed by atoms with Gasteiger partial charge in [-0.15, -0.1) is 11.3 Å². The molecule has 13 heteroatoms. The van der Waals surface area contributed by atoms with Crippen molar-refractivity contribution in [2.75, 3.05) is 59.8 Å². The molecule has 0 radical (unpaired) electrons. The number of nitrogens with one attached hydrogen (secondary N) is 2. The van der Waals surface area contributed by atoms with Crippen molar-refractivity contribution in [1.82, 2.24) is 25.7 Å². The number of thiazole rings is 1. The van der Waals surface area contributed by atoms with Crippen LogP contribution in [0.3, 0.4) is 0 Å². The third kappa shape index (κ3) is 9.66. The van der Waals surface area contributed by atoms with Gasteiger partial charge >= 0.3 is 0 Å². The molecule has 46 heavy (non-hydrogen) atoms. The molecule has 0 saturated carbocycles. The zero-order chi connectivity index (χ0) is 33.1. The van der Waals surface area contributed by atoms with Crippen LogP contribution in [0.25, 0.3) is 10.4 Å². The summed E-state index contributed by atoms with van der Waals surface area (Å²) in [5, 5.41) is 20.7. The Balaban J connectivity index is 1.44. The monoisotopic (exact) mass is 657 g/mol. The lowest BCUT2D eigenvalue weighted by atomic mass is 9.91. The average molecular weight is 658 g/mol. The molecule has 12 nitrogen and oxygen atoms in total. The van der Waals surface area contributed by atoms with E-state index in [0.29, 0.717) is 44.5 Å². The normalized spacial score (nSPS) is 17.8. The second-order valence-electron chi connectivity index (χ2n) is 11.8. The third-order valence-corrected chi connectivity index (χ3v) is 8.89. The molecule has 3 N–H and O–H groups in total. The Kier molecular flexibility index (Phi) is 13.7. The maximum absolute atomic E-state index is 13.9. The summed E-state index contributed by atoms with van der Waals surface area (Å²) >= 11 is 1.58. The predicted octanol–water partition coefficient (Wildman–Crippen LogP) is 3.24. The lowest BCUT2D eigenvalue weighted by Crippen LogP contribution is -2.49. The molecule has 252 valence electrons. The van der Waals surface area contributed by atoms with Gasteiger partial charge in [-0.2, -0.15) is 0 Å². The first kappa shape index (κ1) is 35.7. The van der Waals surface area contributed by atoms with E-state index in [2.05, 4.69) is 20.8 Å². The molecular formula is C33H47N5O7S. The van der Waals surface area contributed by atoms with E-state index in [0.717, 1.165) is 28.2 Å². The summed E-state index contributed by atoms with van der Waals surface area (Å²) in [6.07, 6.45) is -0.681. The number of amides is 2. The summed E-state index contributed by atoms with van der Waals surface area (Å²) in [4.78, 5) is 34.6. The number of rotatable bonds is 18. The number of likely N-dealkylation sites (tertiary alicyclic amines) is 1. The summed E-state index contributed by atoms with van der Waals surface area (Å²) in [6.45, 7) is 11.0. The van der Waals surface area contributed by atoms with E-state index in [4.69, 9.17) is 18.7 Å². The van der Waals surface area contributed by atoms with Gasteiger partial charge in [0.2, 0.25) is 11.8 Å². The summed E-state index contributed by atoms with van der Waals surface area (Å²) in [5.41, 5.74) is 5.35. The lowest BCUT2D eigenvalue weighted by molar-refractivity contribution is -0.141. The van der Waals surface area contributed by atoms with Crippen molar-refractivity contribution in [2.24, 2.45) is 5.92 Å². The molecule has 2 amide bonds. The van der Waals surface area contributed by atoms with Crippen LogP contribution in [0, 0.1) is 19.8 Å². The van der Waals surface area contributed by atoms with Crippen molar-refractivity contribution in [2.45, 2.75) is 58.2 Å². The fourth-order valence-corrected chi connectivity index (χ4v) is 6.31. The molecule has 1 fully saturated rings. The Morgan fingerprint density at radius 2 is 1.78 bits per heavy atom. The molecule has 0 spiro atoms. The Morgan fingerprint density at radius 3 is 2.39 bits per heavy atom. The molecule has 2 aromatic heterocycles. The first-order valence-electron chi connectivity index (χ1n) is 15.8. The van der Waals surface area contributed by atoms with Crippen LogP contribution in [0.2, 0.25) is 0 Å². The van der Waals surface area contributed by atoms with Gasteiger partial charge < -0.3 is 39.4 Å². The predicted molar refractivity (Wildman–Crippen MR) is 174 cm³/mol. The third-order valence-electron chi connectivity index (χ3n) is 7.91. The maximum atomic E-state index is 13.9. The van der Waals surface area contributed by atoms with Crippen LogP contribution in [0.5, 0.6) is 0 Å². The highest BCUT2D eigenvalue weighted by Gasteiger charge is 2.43. The number of β-amino-alcohol motifs (C(OH)–C–C–N with tert-alkyl or cyclic N) is 1. The quantitative estimate of drug-likeness (QED) is 0.174. The van der Waals surface area contributed by atoms with Crippen molar-refractivity contribution in [3.8, 4) is 10.4 Å². The molecular weight excluding hydrogens is 610 g/mol. The van der Waals surface area contributed by atoms with E-state index in [9.17, 15) is 14.7 Å². The zero-order valence-electron chi connectivity index (χ0n) is 27.4. The Labute approximate surface area is 274 Å². The number of carbonyl (C=O) groups excluding carboxylic acids is 2. The van der Waals surface area contributed by atoms with Crippen molar-refractivity contribution >= 4 is 23.2 Å².